The fourth-order valence-electron chi connectivity index (χ4n) is 2.84. The maximum atomic E-state index is 12.9. The maximum Gasteiger partial charge on any atom is 0.408 e. The second-order valence-corrected chi connectivity index (χ2v) is 7.43. The molecular weight excluding hydrogens is 394 g/mol. The Morgan fingerprint density at radius 3 is 2.03 bits per heavy atom. The normalized spacial score (nSPS) is 12.2. The summed E-state index contributed by atoms with van der Waals surface area (Å²) in [4.78, 5) is 37.0. The van der Waals surface area contributed by atoms with E-state index in [0.29, 0.717) is 0 Å². The van der Waals surface area contributed by atoms with Crippen LogP contribution in [-0.2, 0) is 27.4 Å². The number of ether oxygens (including phenoxy) is 1. The first-order valence-electron chi connectivity index (χ1n) is 10.1. The lowest BCUT2D eigenvalue weighted by molar-refractivity contribution is -0.128. The van der Waals surface area contributed by atoms with Crippen molar-refractivity contribution in [3.8, 4) is 0 Å². The maximum absolute atomic E-state index is 12.9. The molecule has 0 bridgehead atoms. The van der Waals surface area contributed by atoms with Crippen molar-refractivity contribution in [2.24, 2.45) is 5.73 Å². The second kappa shape index (κ2) is 12.2. The summed E-state index contributed by atoms with van der Waals surface area (Å²) in [6.07, 6.45) is 1.62. The van der Waals surface area contributed by atoms with Crippen molar-refractivity contribution in [1.82, 2.24) is 10.6 Å². The monoisotopic (exact) mass is 423 g/mol. The summed E-state index contributed by atoms with van der Waals surface area (Å²) in [5.41, 5.74) is 8.13. The molecule has 0 fully saturated rings. The van der Waals surface area contributed by atoms with E-state index in [1.54, 1.807) is 0 Å². The van der Waals surface area contributed by atoms with Crippen LogP contribution in [-0.4, -0.2) is 30.0 Å². The fourth-order valence-corrected chi connectivity index (χ4v) is 2.84. The Balaban J connectivity index is 2.07. The van der Waals surface area contributed by atoms with Crippen LogP contribution in [0.4, 0.5) is 4.79 Å². The molecule has 2 atom stereocenters. The van der Waals surface area contributed by atoms with Gasteiger partial charge in [0.15, 0.2) is 0 Å². The summed E-state index contributed by atoms with van der Waals surface area (Å²) >= 11 is 0. The predicted octanol–water partition coefficient (Wildman–Crippen LogP) is 2.85. The minimum absolute atomic E-state index is 0.0802. The Morgan fingerprint density at radius 1 is 0.903 bits per heavy atom. The molecule has 164 valence electrons. The summed E-state index contributed by atoms with van der Waals surface area (Å²) in [5.74, 6) is -1.15. The molecule has 0 aliphatic carbocycles. The summed E-state index contributed by atoms with van der Waals surface area (Å²) in [7, 11) is 0. The van der Waals surface area contributed by atoms with Gasteiger partial charge in [0, 0.05) is 6.42 Å². The highest BCUT2D eigenvalue weighted by Gasteiger charge is 2.26. The third kappa shape index (κ3) is 8.74. The van der Waals surface area contributed by atoms with Gasteiger partial charge < -0.3 is 21.1 Å². The number of carbonyl (C=O) groups is 3. The van der Waals surface area contributed by atoms with Crippen LogP contribution in [0.5, 0.6) is 0 Å². The van der Waals surface area contributed by atoms with E-state index in [9.17, 15) is 14.4 Å². The number of hydrogen-bond acceptors (Lipinski definition) is 4. The molecule has 2 rings (SSSR count). The minimum Gasteiger partial charge on any atom is -0.445 e. The van der Waals surface area contributed by atoms with E-state index >= 15 is 0 Å². The Kier molecular flexibility index (Phi) is 9.29. The topological polar surface area (TPSA) is 111 Å². The first-order chi connectivity index (χ1) is 14.8. The van der Waals surface area contributed by atoms with Crippen LogP contribution in [0.1, 0.15) is 31.4 Å². The number of rotatable bonds is 10. The van der Waals surface area contributed by atoms with Crippen LogP contribution in [0.2, 0.25) is 0 Å². The Hall–Kier alpha value is -3.61. The average Bonchev–Trinajstić information content (AvgIpc) is 2.75. The highest BCUT2D eigenvalue weighted by atomic mass is 16.5. The van der Waals surface area contributed by atoms with Gasteiger partial charge in [0.1, 0.15) is 18.7 Å². The molecule has 2 aromatic carbocycles. The van der Waals surface area contributed by atoms with Crippen LogP contribution in [0.25, 0.3) is 0 Å². The van der Waals surface area contributed by atoms with Gasteiger partial charge in [-0.2, -0.15) is 0 Å². The molecule has 0 unspecified atom stereocenters. The van der Waals surface area contributed by atoms with Gasteiger partial charge in [0.2, 0.25) is 11.8 Å². The number of carbonyl (C=O) groups excluding carboxylic acids is 3. The van der Waals surface area contributed by atoms with E-state index in [2.05, 4.69) is 10.6 Å². The number of hydrogen-bond donors (Lipinski definition) is 3. The van der Waals surface area contributed by atoms with Crippen LogP contribution in [0, 0.1) is 0 Å². The molecule has 7 heteroatoms. The lowest BCUT2D eigenvalue weighted by Gasteiger charge is -2.21. The fraction of sp³-hybridized carbons (Fsp3) is 0.292. The highest BCUT2D eigenvalue weighted by Crippen LogP contribution is 2.07. The van der Waals surface area contributed by atoms with Crippen molar-refractivity contribution in [3.05, 3.63) is 83.4 Å². The van der Waals surface area contributed by atoms with E-state index in [-0.39, 0.29) is 19.4 Å². The SMILES string of the molecule is CC(C)=CC[C@@H](NC(=O)[C@H](Cc1ccccc1)NC(=O)OCc1ccccc1)C(N)=O. The zero-order valence-corrected chi connectivity index (χ0v) is 17.8. The van der Waals surface area contributed by atoms with Crippen molar-refractivity contribution in [1.29, 1.82) is 0 Å². The van der Waals surface area contributed by atoms with Gasteiger partial charge in [-0.1, -0.05) is 72.3 Å². The second-order valence-electron chi connectivity index (χ2n) is 7.43. The van der Waals surface area contributed by atoms with Crippen LogP contribution in [0.15, 0.2) is 72.3 Å². The van der Waals surface area contributed by atoms with Gasteiger partial charge in [-0.15, -0.1) is 0 Å². The first-order valence-corrected chi connectivity index (χ1v) is 10.1. The number of benzene rings is 2. The van der Waals surface area contributed by atoms with Gasteiger partial charge in [0.25, 0.3) is 0 Å². The molecule has 0 saturated heterocycles. The quantitative estimate of drug-likeness (QED) is 0.510. The van der Waals surface area contributed by atoms with Crippen molar-refractivity contribution >= 4 is 17.9 Å². The van der Waals surface area contributed by atoms with Crippen molar-refractivity contribution in [3.63, 3.8) is 0 Å². The van der Waals surface area contributed by atoms with Gasteiger partial charge in [0.05, 0.1) is 0 Å². The van der Waals surface area contributed by atoms with Gasteiger partial charge >= 0.3 is 6.09 Å². The van der Waals surface area contributed by atoms with Crippen molar-refractivity contribution < 1.29 is 19.1 Å². The molecule has 0 radical (unpaired) electrons. The van der Waals surface area contributed by atoms with Crippen molar-refractivity contribution in [2.45, 2.75) is 45.4 Å². The standard InChI is InChI=1S/C24H29N3O4/c1-17(2)13-14-20(22(25)28)26-23(29)21(15-18-9-5-3-6-10-18)27-24(30)31-16-19-11-7-4-8-12-19/h3-13,20-21H,14-16H2,1-2H3,(H2,25,28)(H,26,29)(H,27,30)/t20-,21+/m1/s1. The lowest BCUT2D eigenvalue weighted by atomic mass is 10.0. The zero-order chi connectivity index (χ0) is 22.6. The van der Waals surface area contributed by atoms with E-state index in [1.165, 1.54) is 0 Å². The van der Waals surface area contributed by atoms with E-state index in [1.807, 2.05) is 80.6 Å². The Labute approximate surface area is 182 Å². The molecule has 0 aliphatic heterocycles. The Bertz CT molecular complexity index is 894. The third-order valence-electron chi connectivity index (χ3n) is 4.53. The summed E-state index contributed by atoms with van der Waals surface area (Å²) in [6.45, 7) is 3.86. The van der Waals surface area contributed by atoms with Gasteiger partial charge in [-0.05, 0) is 31.4 Å². The smallest absolute Gasteiger partial charge is 0.408 e. The predicted molar refractivity (Wildman–Crippen MR) is 119 cm³/mol. The molecule has 7 nitrogen and oxygen atoms in total. The molecule has 0 aromatic heterocycles. The molecule has 4 N–H and O–H groups in total. The van der Waals surface area contributed by atoms with Gasteiger partial charge in [-0.25, -0.2) is 4.79 Å². The number of nitrogens with one attached hydrogen (secondary N) is 2. The summed E-state index contributed by atoms with van der Waals surface area (Å²) in [5, 5.41) is 5.25. The number of primary amides is 1. The molecule has 0 heterocycles. The molecular formula is C24H29N3O4. The first kappa shape index (κ1) is 23.7. The molecule has 31 heavy (non-hydrogen) atoms. The lowest BCUT2D eigenvalue weighted by Crippen LogP contribution is -2.53. The minimum atomic E-state index is -0.931. The van der Waals surface area contributed by atoms with Crippen LogP contribution < -0.4 is 16.4 Å². The van der Waals surface area contributed by atoms with Crippen LogP contribution in [0.3, 0.4) is 0 Å². The largest absolute Gasteiger partial charge is 0.445 e. The average molecular weight is 424 g/mol. The zero-order valence-electron chi connectivity index (χ0n) is 17.8. The van der Waals surface area contributed by atoms with E-state index < -0.39 is 30.0 Å². The van der Waals surface area contributed by atoms with Gasteiger partial charge in [-0.3, -0.25) is 9.59 Å². The van der Waals surface area contributed by atoms with E-state index in [0.717, 1.165) is 16.7 Å². The molecule has 0 saturated carbocycles. The van der Waals surface area contributed by atoms with Crippen LogP contribution >= 0.6 is 0 Å². The molecule has 2 aromatic rings. The molecule has 3 amide bonds. The molecule has 0 aliphatic rings. The summed E-state index contributed by atoms with van der Waals surface area (Å²) < 4.78 is 5.25. The third-order valence-corrected chi connectivity index (χ3v) is 4.53. The van der Waals surface area contributed by atoms with E-state index in [4.69, 9.17) is 10.5 Å². The number of alkyl carbamates (subject to hydrolysis) is 1. The number of allylic oxidation sites excluding steroid dienone is 1. The number of nitrogens with two attached hydrogens (primary N) is 1. The summed E-state index contributed by atoms with van der Waals surface area (Å²) in [6, 6.07) is 16.7. The highest BCUT2D eigenvalue weighted by molar-refractivity contribution is 5.91. The molecule has 0 spiro atoms. The Morgan fingerprint density at radius 2 is 1.48 bits per heavy atom. The van der Waals surface area contributed by atoms with Crippen molar-refractivity contribution in [2.75, 3.05) is 0 Å². The number of amides is 3.